The van der Waals surface area contributed by atoms with E-state index in [0.717, 1.165) is 13.0 Å². The van der Waals surface area contributed by atoms with Crippen LogP contribution in [-0.2, 0) is 0 Å². The van der Waals surface area contributed by atoms with Crippen LogP contribution < -0.4 is 5.32 Å². The van der Waals surface area contributed by atoms with Gasteiger partial charge in [-0.05, 0) is 51.3 Å². The molecule has 5 nitrogen and oxygen atoms in total. The molecule has 2 aromatic carbocycles. The predicted octanol–water partition coefficient (Wildman–Crippen LogP) is 4.27. The molecule has 142 valence electrons. The van der Waals surface area contributed by atoms with Gasteiger partial charge in [0.05, 0.1) is 22.5 Å². The average Bonchev–Trinajstić information content (AvgIpc) is 2.94. The fourth-order valence-corrected chi connectivity index (χ4v) is 2.83. The third kappa shape index (κ3) is 4.43. The van der Waals surface area contributed by atoms with Gasteiger partial charge in [0.1, 0.15) is 11.6 Å². The number of anilines is 1. The molecule has 0 saturated carbocycles. The Morgan fingerprint density at radius 3 is 2.74 bits per heavy atom. The van der Waals surface area contributed by atoms with Gasteiger partial charge in [-0.3, -0.25) is 4.99 Å². The van der Waals surface area contributed by atoms with Crippen LogP contribution in [0.3, 0.4) is 0 Å². The van der Waals surface area contributed by atoms with Crippen LogP contribution in [0.4, 0.5) is 20.2 Å². The number of nitrogens with zero attached hydrogens (tertiary/aromatic N) is 2. The van der Waals surface area contributed by atoms with E-state index in [9.17, 15) is 13.9 Å². The van der Waals surface area contributed by atoms with E-state index in [1.54, 1.807) is 24.3 Å². The highest BCUT2D eigenvalue weighted by molar-refractivity contribution is 6.02. The maximum absolute atomic E-state index is 14.2. The summed E-state index contributed by atoms with van der Waals surface area (Å²) in [7, 11) is 3.98. The molecule has 0 atom stereocenters. The summed E-state index contributed by atoms with van der Waals surface area (Å²) in [5, 5.41) is 13.3. The van der Waals surface area contributed by atoms with Crippen molar-refractivity contribution in [1.82, 2.24) is 9.88 Å². The molecule has 3 aromatic rings. The summed E-state index contributed by atoms with van der Waals surface area (Å²) in [4.78, 5) is 8.94. The van der Waals surface area contributed by atoms with Gasteiger partial charge in [-0.25, -0.2) is 8.78 Å². The van der Waals surface area contributed by atoms with Crippen LogP contribution in [0.5, 0.6) is 5.88 Å². The SMILES string of the molecule is CN(C)CCCNc1ccc(N=Cc2c(O)[nH]c3cccc(F)c23)cc1F. The lowest BCUT2D eigenvalue weighted by molar-refractivity contribution is 0.405. The van der Waals surface area contributed by atoms with E-state index in [0.29, 0.717) is 23.4 Å². The number of hydrogen-bond donors (Lipinski definition) is 3. The normalized spacial score (nSPS) is 11.7. The average molecular weight is 372 g/mol. The van der Waals surface area contributed by atoms with Crippen LogP contribution >= 0.6 is 0 Å². The number of rotatable bonds is 7. The molecule has 3 N–H and O–H groups in total. The molecule has 3 rings (SSSR count). The van der Waals surface area contributed by atoms with Gasteiger partial charge in [-0.2, -0.15) is 0 Å². The molecule has 0 spiro atoms. The Morgan fingerprint density at radius 1 is 1.19 bits per heavy atom. The van der Waals surface area contributed by atoms with Gasteiger partial charge >= 0.3 is 0 Å². The molecule has 0 radical (unpaired) electrons. The number of aromatic nitrogens is 1. The molecule has 0 aliphatic heterocycles. The third-order valence-electron chi connectivity index (χ3n) is 4.18. The van der Waals surface area contributed by atoms with E-state index < -0.39 is 11.6 Å². The molecule has 0 bridgehead atoms. The van der Waals surface area contributed by atoms with Crippen molar-refractivity contribution in [2.24, 2.45) is 4.99 Å². The summed E-state index contributed by atoms with van der Waals surface area (Å²) in [5.41, 5.74) is 1.48. The molecule has 1 aromatic heterocycles. The second-order valence-electron chi connectivity index (χ2n) is 6.56. The zero-order valence-electron chi connectivity index (χ0n) is 15.3. The van der Waals surface area contributed by atoms with E-state index in [1.807, 2.05) is 14.1 Å². The van der Waals surface area contributed by atoms with Crippen LogP contribution in [-0.4, -0.2) is 48.4 Å². The Kier molecular flexibility index (Phi) is 5.71. The first-order chi connectivity index (χ1) is 13.0. The lowest BCUT2D eigenvalue weighted by atomic mass is 10.1. The maximum atomic E-state index is 14.2. The number of nitrogens with one attached hydrogen (secondary N) is 2. The minimum absolute atomic E-state index is 0.182. The molecule has 0 amide bonds. The topological polar surface area (TPSA) is 63.6 Å². The summed E-state index contributed by atoms with van der Waals surface area (Å²) in [6, 6.07) is 9.10. The smallest absolute Gasteiger partial charge is 0.198 e. The van der Waals surface area contributed by atoms with Gasteiger partial charge in [-0.15, -0.1) is 0 Å². The number of fused-ring (bicyclic) bond motifs is 1. The standard InChI is InChI=1S/C20H22F2N4O/c1-26(2)10-4-9-23-17-8-7-13(11-16(17)22)24-12-14-19-15(21)5-3-6-18(19)25-20(14)27/h3,5-8,11-12,23,25,27H,4,9-10H2,1-2H3. The maximum Gasteiger partial charge on any atom is 0.198 e. The second kappa shape index (κ2) is 8.18. The first-order valence-corrected chi connectivity index (χ1v) is 8.67. The molecule has 1 heterocycles. The number of benzene rings is 2. The highest BCUT2D eigenvalue weighted by atomic mass is 19.1. The summed E-state index contributed by atoms with van der Waals surface area (Å²) < 4.78 is 28.3. The largest absolute Gasteiger partial charge is 0.494 e. The summed E-state index contributed by atoms with van der Waals surface area (Å²) in [6.45, 7) is 1.59. The molecule has 0 aliphatic rings. The molecular formula is C20H22F2N4O. The minimum atomic E-state index is -0.464. The first-order valence-electron chi connectivity index (χ1n) is 8.67. The van der Waals surface area contributed by atoms with Gasteiger partial charge < -0.3 is 20.3 Å². The van der Waals surface area contributed by atoms with Crippen LogP contribution in [0, 0.1) is 11.6 Å². The Hall–Kier alpha value is -2.93. The lowest BCUT2D eigenvalue weighted by Crippen LogP contribution is -2.16. The van der Waals surface area contributed by atoms with Crippen LogP contribution in [0.1, 0.15) is 12.0 Å². The Balaban J connectivity index is 1.75. The second-order valence-corrected chi connectivity index (χ2v) is 6.56. The molecule has 0 fully saturated rings. The van der Waals surface area contributed by atoms with E-state index in [-0.39, 0.29) is 16.8 Å². The van der Waals surface area contributed by atoms with E-state index in [1.165, 1.54) is 18.3 Å². The van der Waals surface area contributed by atoms with Crippen LogP contribution in [0.25, 0.3) is 10.9 Å². The number of H-pyrrole nitrogens is 1. The number of aromatic hydroxyl groups is 1. The van der Waals surface area contributed by atoms with Crippen molar-refractivity contribution in [3.05, 3.63) is 53.6 Å². The molecule has 7 heteroatoms. The quantitative estimate of drug-likeness (QED) is 0.429. The predicted molar refractivity (Wildman–Crippen MR) is 105 cm³/mol. The molecule has 27 heavy (non-hydrogen) atoms. The van der Waals surface area contributed by atoms with E-state index in [4.69, 9.17) is 0 Å². The summed E-state index contributed by atoms with van der Waals surface area (Å²) in [6.07, 6.45) is 2.23. The first kappa shape index (κ1) is 18.8. The third-order valence-corrected chi connectivity index (χ3v) is 4.18. The Bertz CT molecular complexity index is 966. The van der Waals surface area contributed by atoms with Gasteiger partial charge in [0.2, 0.25) is 0 Å². The van der Waals surface area contributed by atoms with E-state index in [2.05, 4.69) is 20.2 Å². The van der Waals surface area contributed by atoms with Gasteiger partial charge in [0.25, 0.3) is 0 Å². The van der Waals surface area contributed by atoms with Crippen molar-refractivity contribution >= 4 is 28.5 Å². The number of hydrogen-bond acceptors (Lipinski definition) is 4. The van der Waals surface area contributed by atoms with Gasteiger partial charge in [-0.1, -0.05) is 6.07 Å². The molecule has 0 saturated heterocycles. The summed E-state index contributed by atoms with van der Waals surface area (Å²) >= 11 is 0. The highest BCUT2D eigenvalue weighted by Gasteiger charge is 2.12. The number of aliphatic imine (C=N–C) groups is 1. The van der Waals surface area contributed by atoms with Crippen molar-refractivity contribution in [2.75, 3.05) is 32.5 Å². The number of halogens is 2. The fraction of sp³-hybridized carbons (Fsp3) is 0.250. The zero-order chi connectivity index (χ0) is 19.4. The van der Waals surface area contributed by atoms with Crippen LogP contribution in [0.15, 0.2) is 41.4 Å². The van der Waals surface area contributed by atoms with Crippen molar-refractivity contribution in [3.8, 4) is 5.88 Å². The molecule has 0 aliphatic carbocycles. The van der Waals surface area contributed by atoms with Crippen molar-refractivity contribution < 1.29 is 13.9 Å². The highest BCUT2D eigenvalue weighted by Crippen LogP contribution is 2.29. The fourth-order valence-electron chi connectivity index (χ4n) is 2.83. The van der Waals surface area contributed by atoms with Gasteiger partial charge in [0.15, 0.2) is 5.88 Å². The number of aromatic amines is 1. The monoisotopic (exact) mass is 372 g/mol. The van der Waals surface area contributed by atoms with Crippen molar-refractivity contribution in [2.45, 2.75) is 6.42 Å². The molecular weight excluding hydrogens is 350 g/mol. The molecule has 0 unspecified atom stereocenters. The minimum Gasteiger partial charge on any atom is -0.494 e. The van der Waals surface area contributed by atoms with E-state index >= 15 is 0 Å². The Morgan fingerprint density at radius 2 is 2.00 bits per heavy atom. The lowest BCUT2D eigenvalue weighted by Gasteiger charge is -2.11. The van der Waals surface area contributed by atoms with Crippen molar-refractivity contribution in [3.63, 3.8) is 0 Å². The van der Waals surface area contributed by atoms with Crippen molar-refractivity contribution in [1.29, 1.82) is 0 Å². The Labute approximate surface area is 156 Å². The van der Waals surface area contributed by atoms with Gasteiger partial charge in [0, 0.05) is 24.2 Å². The van der Waals surface area contributed by atoms with Crippen LogP contribution in [0.2, 0.25) is 0 Å². The summed E-state index contributed by atoms with van der Waals surface area (Å²) in [5.74, 6) is -1.06. The zero-order valence-corrected chi connectivity index (χ0v) is 15.3.